The van der Waals surface area contributed by atoms with Crippen LogP contribution >= 0.6 is 0 Å². The number of rotatable bonds is 3. The third-order valence-corrected chi connectivity index (χ3v) is 6.28. The summed E-state index contributed by atoms with van der Waals surface area (Å²) in [5.41, 5.74) is -0.556. The number of carbonyl (C=O) groups excluding carboxylic acids is 1. The van der Waals surface area contributed by atoms with E-state index in [1.807, 2.05) is 0 Å². The standard InChI is InChI=1S/C16H26N2O2/c19-14(17-10-16(20)2-1-3-16)18-15-7-11-4-12(8-15)6-13(5-11)9-15/h11-13,20H,1-10H2,(H2,17,18,19). The van der Waals surface area contributed by atoms with E-state index in [0.29, 0.717) is 6.54 Å². The second kappa shape index (κ2) is 4.36. The average molecular weight is 278 g/mol. The van der Waals surface area contributed by atoms with Gasteiger partial charge in [0.2, 0.25) is 0 Å². The average Bonchev–Trinajstić information content (AvgIpc) is 2.31. The van der Waals surface area contributed by atoms with Crippen molar-refractivity contribution in [1.29, 1.82) is 0 Å². The molecule has 20 heavy (non-hydrogen) atoms. The maximum atomic E-state index is 12.2. The van der Waals surface area contributed by atoms with Crippen molar-refractivity contribution in [3.63, 3.8) is 0 Å². The summed E-state index contributed by atoms with van der Waals surface area (Å²) in [4.78, 5) is 12.2. The van der Waals surface area contributed by atoms with E-state index in [2.05, 4.69) is 10.6 Å². The lowest BCUT2D eigenvalue weighted by Gasteiger charge is -2.56. The number of amides is 2. The molecule has 0 radical (unpaired) electrons. The molecule has 4 heteroatoms. The molecular weight excluding hydrogens is 252 g/mol. The highest BCUT2D eigenvalue weighted by molar-refractivity contribution is 5.75. The van der Waals surface area contributed by atoms with Gasteiger partial charge < -0.3 is 15.7 Å². The van der Waals surface area contributed by atoms with Gasteiger partial charge in [-0.05, 0) is 75.5 Å². The molecule has 4 bridgehead atoms. The zero-order valence-corrected chi connectivity index (χ0v) is 12.2. The van der Waals surface area contributed by atoms with E-state index in [1.54, 1.807) is 0 Å². The lowest BCUT2D eigenvalue weighted by molar-refractivity contribution is -0.0314. The quantitative estimate of drug-likeness (QED) is 0.741. The highest BCUT2D eigenvalue weighted by Crippen LogP contribution is 2.55. The molecule has 2 amide bonds. The van der Waals surface area contributed by atoms with E-state index in [1.165, 1.54) is 38.5 Å². The summed E-state index contributed by atoms with van der Waals surface area (Å²) in [6, 6.07) is -0.0627. The Morgan fingerprint density at radius 3 is 2.05 bits per heavy atom. The van der Waals surface area contributed by atoms with E-state index < -0.39 is 5.60 Å². The molecule has 0 heterocycles. The van der Waals surface area contributed by atoms with E-state index in [-0.39, 0.29) is 11.6 Å². The molecule has 5 saturated carbocycles. The third-order valence-electron chi connectivity index (χ3n) is 6.28. The van der Waals surface area contributed by atoms with Crippen LogP contribution in [0.3, 0.4) is 0 Å². The zero-order chi connectivity index (χ0) is 13.8. The van der Waals surface area contributed by atoms with Crippen LogP contribution in [-0.2, 0) is 0 Å². The van der Waals surface area contributed by atoms with Crippen LogP contribution in [0.1, 0.15) is 57.8 Å². The molecule has 0 aliphatic heterocycles. The Bertz CT molecular complexity index is 381. The summed E-state index contributed by atoms with van der Waals surface area (Å²) in [6.45, 7) is 0.408. The molecule has 112 valence electrons. The minimum Gasteiger partial charge on any atom is -0.388 e. The van der Waals surface area contributed by atoms with Crippen LogP contribution in [0.5, 0.6) is 0 Å². The molecule has 4 nitrogen and oxygen atoms in total. The van der Waals surface area contributed by atoms with Crippen LogP contribution < -0.4 is 10.6 Å². The molecule has 0 aromatic heterocycles. The first-order valence-corrected chi connectivity index (χ1v) is 8.33. The first-order valence-electron chi connectivity index (χ1n) is 8.33. The first kappa shape index (κ1) is 12.9. The molecule has 0 spiro atoms. The van der Waals surface area contributed by atoms with Gasteiger partial charge in [0.1, 0.15) is 0 Å². The largest absolute Gasteiger partial charge is 0.388 e. The minimum absolute atomic E-state index is 0.0627. The predicted molar refractivity (Wildman–Crippen MR) is 76.2 cm³/mol. The van der Waals surface area contributed by atoms with Crippen LogP contribution in [0.4, 0.5) is 4.79 Å². The van der Waals surface area contributed by atoms with Crippen LogP contribution in [0.2, 0.25) is 0 Å². The second-order valence-corrected chi connectivity index (χ2v) is 8.08. The van der Waals surface area contributed by atoms with Crippen LogP contribution in [0.25, 0.3) is 0 Å². The maximum absolute atomic E-state index is 12.2. The Kier molecular flexibility index (Phi) is 2.82. The number of nitrogens with one attached hydrogen (secondary N) is 2. The van der Waals surface area contributed by atoms with Gasteiger partial charge in [0, 0.05) is 12.1 Å². The molecule has 5 aliphatic carbocycles. The molecule has 5 fully saturated rings. The monoisotopic (exact) mass is 278 g/mol. The van der Waals surface area contributed by atoms with Gasteiger partial charge in [-0.1, -0.05) is 0 Å². The fourth-order valence-electron chi connectivity index (χ4n) is 5.56. The summed E-state index contributed by atoms with van der Waals surface area (Å²) in [5.74, 6) is 2.53. The number of hydrogen-bond acceptors (Lipinski definition) is 2. The van der Waals surface area contributed by atoms with Gasteiger partial charge in [-0.15, -0.1) is 0 Å². The molecule has 0 aromatic carbocycles. The third kappa shape index (κ3) is 2.22. The fourth-order valence-corrected chi connectivity index (χ4v) is 5.56. The van der Waals surface area contributed by atoms with Crippen LogP contribution in [-0.4, -0.2) is 28.8 Å². The Hall–Kier alpha value is -0.770. The second-order valence-electron chi connectivity index (χ2n) is 8.08. The van der Waals surface area contributed by atoms with Crippen molar-refractivity contribution in [3.05, 3.63) is 0 Å². The Morgan fingerprint density at radius 1 is 1.05 bits per heavy atom. The Morgan fingerprint density at radius 2 is 1.60 bits per heavy atom. The van der Waals surface area contributed by atoms with Crippen molar-refractivity contribution < 1.29 is 9.90 Å². The fraction of sp³-hybridized carbons (Fsp3) is 0.938. The van der Waals surface area contributed by atoms with Gasteiger partial charge >= 0.3 is 6.03 Å². The zero-order valence-electron chi connectivity index (χ0n) is 12.2. The van der Waals surface area contributed by atoms with E-state index in [0.717, 1.165) is 37.0 Å². The van der Waals surface area contributed by atoms with Gasteiger partial charge in [-0.3, -0.25) is 0 Å². The summed E-state index contributed by atoms with van der Waals surface area (Å²) >= 11 is 0. The Balaban J connectivity index is 1.35. The minimum atomic E-state index is -0.626. The normalized spacial score (nSPS) is 44.0. The van der Waals surface area contributed by atoms with Gasteiger partial charge in [-0.2, -0.15) is 0 Å². The lowest BCUT2D eigenvalue weighted by Crippen LogP contribution is -2.62. The van der Waals surface area contributed by atoms with E-state index in [4.69, 9.17) is 0 Å². The molecule has 3 N–H and O–H groups in total. The highest BCUT2D eigenvalue weighted by atomic mass is 16.3. The van der Waals surface area contributed by atoms with Crippen molar-refractivity contribution in [2.75, 3.05) is 6.54 Å². The summed E-state index contributed by atoms with van der Waals surface area (Å²) < 4.78 is 0. The topological polar surface area (TPSA) is 61.4 Å². The van der Waals surface area contributed by atoms with Crippen molar-refractivity contribution in [1.82, 2.24) is 10.6 Å². The van der Waals surface area contributed by atoms with Crippen molar-refractivity contribution in [3.8, 4) is 0 Å². The van der Waals surface area contributed by atoms with Crippen LogP contribution in [0, 0.1) is 17.8 Å². The first-order chi connectivity index (χ1) is 9.54. The van der Waals surface area contributed by atoms with Crippen molar-refractivity contribution in [2.45, 2.75) is 68.9 Å². The van der Waals surface area contributed by atoms with Gasteiger partial charge in [0.15, 0.2) is 0 Å². The molecule has 0 saturated heterocycles. The van der Waals surface area contributed by atoms with E-state index in [9.17, 15) is 9.90 Å². The number of urea groups is 1. The molecule has 5 rings (SSSR count). The summed E-state index contributed by atoms with van der Waals surface area (Å²) in [7, 11) is 0. The molecular formula is C16H26N2O2. The number of hydrogen-bond donors (Lipinski definition) is 3. The van der Waals surface area contributed by atoms with Crippen molar-refractivity contribution in [2.24, 2.45) is 17.8 Å². The molecule has 0 unspecified atom stereocenters. The summed E-state index contributed by atoms with van der Waals surface area (Å²) in [6.07, 6.45) is 10.4. The smallest absolute Gasteiger partial charge is 0.315 e. The van der Waals surface area contributed by atoms with E-state index >= 15 is 0 Å². The predicted octanol–water partition coefficient (Wildman–Crippen LogP) is 2.17. The van der Waals surface area contributed by atoms with Gasteiger partial charge in [0.25, 0.3) is 0 Å². The highest BCUT2D eigenvalue weighted by Gasteiger charge is 2.51. The summed E-state index contributed by atoms with van der Waals surface area (Å²) in [5, 5.41) is 16.2. The van der Waals surface area contributed by atoms with Crippen molar-refractivity contribution >= 4 is 6.03 Å². The lowest BCUT2D eigenvalue weighted by atomic mass is 9.53. The number of aliphatic hydroxyl groups is 1. The van der Waals surface area contributed by atoms with Gasteiger partial charge in [-0.25, -0.2) is 4.79 Å². The Labute approximate surface area is 120 Å². The van der Waals surface area contributed by atoms with Gasteiger partial charge in [0.05, 0.1) is 5.60 Å². The maximum Gasteiger partial charge on any atom is 0.315 e. The molecule has 5 aliphatic rings. The SMILES string of the molecule is O=C(NCC1(O)CCC1)NC12CC3CC(CC(C3)C1)C2. The number of carbonyl (C=O) groups is 1. The van der Waals surface area contributed by atoms with Crippen LogP contribution in [0.15, 0.2) is 0 Å². The molecule has 0 atom stereocenters. The molecule has 0 aromatic rings.